The maximum atomic E-state index is 13.3. The van der Waals surface area contributed by atoms with Gasteiger partial charge in [0.25, 0.3) is 15.9 Å². The molecule has 176 valence electrons. The maximum absolute atomic E-state index is 13.3. The quantitative estimate of drug-likeness (QED) is 0.341. The number of sulfonamides is 1. The molecule has 1 amide bonds. The van der Waals surface area contributed by atoms with Crippen LogP contribution in [0, 0.1) is 0 Å². The molecule has 0 spiro atoms. The number of hydrogen-bond donors (Lipinski definition) is 1. The number of rotatable bonds is 9. The lowest BCUT2D eigenvalue weighted by molar-refractivity contribution is -0.119. The Hall–Kier alpha value is -3.01. The van der Waals surface area contributed by atoms with Gasteiger partial charge in [-0.3, -0.25) is 9.10 Å². The maximum Gasteiger partial charge on any atom is 0.264 e. The summed E-state index contributed by atoms with van der Waals surface area (Å²) in [6, 6.07) is 21.5. The molecule has 0 atom stereocenters. The fourth-order valence-corrected chi connectivity index (χ4v) is 5.26. The molecular formula is C24H22ClN3O4S2. The molecule has 10 heteroatoms. The van der Waals surface area contributed by atoms with Gasteiger partial charge in [-0.1, -0.05) is 41.9 Å². The predicted octanol–water partition coefficient (Wildman–Crippen LogP) is 4.18. The minimum absolute atomic E-state index is 0.0722. The molecule has 3 aromatic carbocycles. The van der Waals surface area contributed by atoms with Crippen molar-refractivity contribution >= 4 is 51.2 Å². The number of amides is 1. The van der Waals surface area contributed by atoms with Gasteiger partial charge in [-0.2, -0.15) is 16.9 Å². The summed E-state index contributed by atoms with van der Waals surface area (Å²) in [4.78, 5) is 12.7. The fourth-order valence-electron chi connectivity index (χ4n) is 3.13. The van der Waals surface area contributed by atoms with E-state index in [2.05, 4.69) is 10.5 Å². The van der Waals surface area contributed by atoms with Crippen molar-refractivity contribution in [1.29, 1.82) is 0 Å². The van der Waals surface area contributed by atoms with Crippen molar-refractivity contribution in [2.24, 2.45) is 5.10 Å². The normalized spacial score (nSPS) is 13.9. The van der Waals surface area contributed by atoms with Crippen molar-refractivity contribution < 1.29 is 17.9 Å². The van der Waals surface area contributed by atoms with E-state index in [9.17, 15) is 13.2 Å². The second kappa shape index (κ2) is 10.9. The number of halogens is 1. The summed E-state index contributed by atoms with van der Waals surface area (Å²) in [6.45, 7) is -0.460. The molecule has 1 fully saturated rings. The molecule has 0 aliphatic carbocycles. The van der Waals surface area contributed by atoms with E-state index in [4.69, 9.17) is 16.3 Å². The number of benzene rings is 3. The van der Waals surface area contributed by atoms with Crippen LogP contribution in [0.15, 0.2) is 88.9 Å². The van der Waals surface area contributed by atoms with Gasteiger partial charge in [0.2, 0.25) is 0 Å². The third-order valence-electron chi connectivity index (χ3n) is 4.90. The van der Waals surface area contributed by atoms with E-state index in [1.165, 1.54) is 18.3 Å². The first-order chi connectivity index (χ1) is 16.4. The topological polar surface area (TPSA) is 88.1 Å². The van der Waals surface area contributed by atoms with Gasteiger partial charge in [-0.15, -0.1) is 0 Å². The molecule has 1 aliphatic heterocycles. The molecule has 0 aromatic heterocycles. The van der Waals surface area contributed by atoms with E-state index < -0.39 is 22.5 Å². The number of carbonyl (C=O) groups excluding carboxylic acids is 1. The van der Waals surface area contributed by atoms with Crippen molar-refractivity contribution in [2.45, 2.75) is 11.0 Å². The number of anilines is 1. The predicted molar refractivity (Wildman–Crippen MR) is 136 cm³/mol. The second-order valence-electron chi connectivity index (χ2n) is 7.44. The van der Waals surface area contributed by atoms with Gasteiger partial charge in [0, 0.05) is 16.5 Å². The van der Waals surface area contributed by atoms with Gasteiger partial charge in [-0.05, 0) is 54.1 Å². The summed E-state index contributed by atoms with van der Waals surface area (Å²) in [6.07, 6.45) is 1.71. The smallest absolute Gasteiger partial charge is 0.264 e. The molecule has 4 rings (SSSR count). The zero-order chi connectivity index (χ0) is 24.0. The largest absolute Gasteiger partial charge is 0.489 e. The van der Waals surface area contributed by atoms with Gasteiger partial charge in [0.15, 0.2) is 0 Å². The molecule has 0 radical (unpaired) electrons. The Morgan fingerprint density at radius 3 is 2.50 bits per heavy atom. The molecule has 34 heavy (non-hydrogen) atoms. The lowest BCUT2D eigenvalue weighted by Gasteiger charge is -2.25. The summed E-state index contributed by atoms with van der Waals surface area (Å²) in [7, 11) is -3.99. The highest BCUT2D eigenvalue weighted by Crippen LogP contribution is 2.25. The third-order valence-corrected chi connectivity index (χ3v) is 8.16. The first-order valence-electron chi connectivity index (χ1n) is 10.4. The van der Waals surface area contributed by atoms with E-state index in [1.807, 2.05) is 36.0 Å². The Kier molecular flexibility index (Phi) is 7.77. The number of thioether (sulfide) groups is 1. The molecule has 1 heterocycles. The summed E-state index contributed by atoms with van der Waals surface area (Å²) in [5.74, 6) is 2.10. The van der Waals surface area contributed by atoms with Crippen molar-refractivity contribution in [1.82, 2.24) is 5.43 Å². The van der Waals surface area contributed by atoms with Crippen LogP contribution in [0.3, 0.4) is 0 Å². The van der Waals surface area contributed by atoms with Crippen LogP contribution in [0.4, 0.5) is 5.69 Å². The van der Waals surface area contributed by atoms with Gasteiger partial charge < -0.3 is 4.74 Å². The van der Waals surface area contributed by atoms with Gasteiger partial charge in [-0.25, -0.2) is 13.8 Å². The van der Waals surface area contributed by atoms with Gasteiger partial charge in [0.1, 0.15) is 18.4 Å². The minimum atomic E-state index is -3.99. The lowest BCUT2D eigenvalue weighted by Crippen LogP contribution is -2.39. The van der Waals surface area contributed by atoms with Crippen LogP contribution in [-0.4, -0.2) is 44.7 Å². The molecule has 0 saturated carbocycles. The van der Waals surface area contributed by atoms with Crippen molar-refractivity contribution in [3.63, 3.8) is 0 Å². The number of nitrogens with one attached hydrogen (secondary N) is 1. The van der Waals surface area contributed by atoms with E-state index >= 15 is 0 Å². The lowest BCUT2D eigenvalue weighted by atomic mass is 10.2. The standard InChI is InChI=1S/C24H22ClN3O4S2/c25-19-9-11-20(12-10-19)28(34(30,31)23-7-2-1-3-8-23)15-24(29)27-26-14-18-5-4-6-21(13-18)32-22-16-33-17-22/h1-14,22H,15-17H2,(H,27,29)/b26-14+. The number of ether oxygens (including phenoxy) is 1. The highest BCUT2D eigenvalue weighted by atomic mass is 35.5. The number of nitrogens with zero attached hydrogens (tertiary/aromatic N) is 2. The molecule has 1 saturated heterocycles. The Morgan fingerprint density at radius 2 is 1.82 bits per heavy atom. The van der Waals surface area contributed by atoms with Crippen LogP contribution in [-0.2, 0) is 14.8 Å². The first-order valence-corrected chi connectivity index (χ1v) is 13.4. The van der Waals surface area contributed by atoms with Crippen LogP contribution in [0.25, 0.3) is 0 Å². The zero-order valence-electron chi connectivity index (χ0n) is 18.0. The van der Waals surface area contributed by atoms with Gasteiger partial charge in [0.05, 0.1) is 16.8 Å². The van der Waals surface area contributed by atoms with E-state index in [-0.39, 0.29) is 11.0 Å². The Bertz CT molecular complexity index is 1260. The Balaban J connectivity index is 1.46. The summed E-state index contributed by atoms with van der Waals surface area (Å²) < 4.78 is 33.4. The van der Waals surface area contributed by atoms with Crippen molar-refractivity contribution in [3.8, 4) is 5.75 Å². The number of hydrazone groups is 1. The van der Waals surface area contributed by atoms with Crippen LogP contribution < -0.4 is 14.5 Å². The summed E-state index contributed by atoms with van der Waals surface area (Å²) in [5, 5.41) is 4.44. The average molecular weight is 516 g/mol. The zero-order valence-corrected chi connectivity index (χ0v) is 20.4. The van der Waals surface area contributed by atoms with E-state index in [1.54, 1.807) is 42.5 Å². The molecular weight excluding hydrogens is 494 g/mol. The van der Waals surface area contributed by atoms with Crippen LogP contribution >= 0.6 is 23.4 Å². The highest BCUT2D eigenvalue weighted by Gasteiger charge is 2.27. The number of hydrogen-bond acceptors (Lipinski definition) is 6. The van der Waals surface area contributed by atoms with Crippen molar-refractivity contribution in [2.75, 3.05) is 22.4 Å². The average Bonchev–Trinajstić information content (AvgIpc) is 2.81. The van der Waals surface area contributed by atoms with Crippen molar-refractivity contribution in [3.05, 3.63) is 89.4 Å². The monoisotopic (exact) mass is 515 g/mol. The third kappa shape index (κ3) is 6.11. The Labute approximate surface area is 207 Å². The molecule has 0 bridgehead atoms. The Morgan fingerprint density at radius 1 is 1.09 bits per heavy atom. The molecule has 0 unspecified atom stereocenters. The summed E-state index contributed by atoms with van der Waals surface area (Å²) in [5.41, 5.74) is 3.46. The fraction of sp³-hybridized carbons (Fsp3) is 0.167. The van der Waals surface area contributed by atoms with E-state index in [0.29, 0.717) is 10.7 Å². The SMILES string of the molecule is O=C(CN(c1ccc(Cl)cc1)S(=O)(=O)c1ccccc1)N/N=C/c1cccc(OC2CSC2)c1. The second-order valence-corrected chi connectivity index (χ2v) is 10.8. The summed E-state index contributed by atoms with van der Waals surface area (Å²) >= 11 is 7.79. The minimum Gasteiger partial charge on any atom is -0.489 e. The molecule has 1 aliphatic rings. The first kappa shape index (κ1) is 24.1. The van der Waals surface area contributed by atoms with Crippen LogP contribution in [0.1, 0.15) is 5.56 Å². The highest BCUT2D eigenvalue weighted by molar-refractivity contribution is 8.00. The molecule has 3 aromatic rings. The van der Waals surface area contributed by atoms with Crippen LogP contribution in [0.2, 0.25) is 5.02 Å². The number of carbonyl (C=O) groups is 1. The van der Waals surface area contributed by atoms with E-state index in [0.717, 1.165) is 27.1 Å². The molecule has 1 N–H and O–H groups in total. The molecule has 7 nitrogen and oxygen atoms in total. The van der Waals surface area contributed by atoms with Crippen LogP contribution in [0.5, 0.6) is 5.75 Å². The van der Waals surface area contributed by atoms with Gasteiger partial charge >= 0.3 is 0 Å².